The van der Waals surface area contributed by atoms with Crippen molar-refractivity contribution in [2.75, 3.05) is 23.4 Å². The molecular weight excluding hydrogens is 436 g/mol. The number of carbonyl (C=O) groups is 2. The fourth-order valence-corrected chi connectivity index (χ4v) is 4.28. The Balaban J connectivity index is 1.35. The van der Waals surface area contributed by atoms with E-state index in [2.05, 4.69) is 15.5 Å². The van der Waals surface area contributed by atoms with Crippen LogP contribution in [0.2, 0.25) is 5.02 Å². The number of nitrogens with one attached hydrogen (secondary N) is 1. The third-order valence-electron chi connectivity index (χ3n) is 4.92. The van der Waals surface area contributed by atoms with Gasteiger partial charge in [-0.25, -0.2) is 0 Å². The molecule has 9 heteroatoms. The summed E-state index contributed by atoms with van der Waals surface area (Å²) < 4.78 is 5.44. The van der Waals surface area contributed by atoms with Crippen LogP contribution in [0.5, 0.6) is 5.75 Å². The van der Waals surface area contributed by atoms with Crippen LogP contribution in [0.1, 0.15) is 23.9 Å². The highest BCUT2D eigenvalue weighted by Crippen LogP contribution is 2.28. The van der Waals surface area contributed by atoms with Gasteiger partial charge >= 0.3 is 0 Å². The zero-order valence-electron chi connectivity index (χ0n) is 16.9. The van der Waals surface area contributed by atoms with Gasteiger partial charge in [0.25, 0.3) is 0 Å². The van der Waals surface area contributed by atoms with Crippen molar-refractivity contribution >= 4 is 45.6 Å². The smallest absolute Gasteiger partial charge is 0.231 e. The maximum absolute atomic E-state index is 12.7. The maximum Gasteiger partial charge on any atom is 0.231 e. The lowest BCUT2D eigenvalue weighted by molar-refractivity contribution is -0.122. The lowest BCUT2D eigenvalue weighted by atomic mass is 10.1. The number of ether oxygens (including phenoxy) is 1. The summed E-state index contributed by atoms with van der Waals surface area (Å²) in [5.74, 6) is 0.00141. The van der Waals surface area contributed by atoms with E-state index in [1.807, 2.05) is 55.5 Å². The lowest BCUT2D eigenvalue weighted by Crippen LogP contribution is -2.28. The number of rotatable bonds is 7. The summed E-state index contributed by atoms with van der Waals surface area (Å²) in [5.41, 5.74) is 1.82. The molecule has 0 aliphatic carbocycles. The molecule has 2 aromatic carbocycles. The average Bonchev–Trinajstić information content (AvgIpc) is 3.37. The minimum Gasteiger partial charge on any atom is -0.494 e. The quantitative estimate of drug-likeness (QED) is 0.576. The Labute approximate surface area is 189 Å². The van der Waals surface area contributed by atoms with Gasteiger partial charge in [0.15, 0.2) is 0 Å². The zero-order chi connectivity index (χ0) is 21.8. The lowest BCUT2D eigenvalue weighted by Gasteiger charge is -2.17. The second kappa shape index (κ2) is 9.45. The molecule has 2 heterocycles. The number of benzene rings is 2. The summed E-state index contributed by atoms with van der Waals surface area (Å²) in [6.07, 6.45) is 0.771. The molecule has 2 amide bonds. The highest BCUT2D eigenvalue weighted by molar-refractivity contribution is 7.15. The first-order valence-electron chi connectivity index (χ1n) is 9.92. The van der Waals surface area contributed by atoms with Gasteiger partial charge in [-0.3, -0.25) is 9.59 Å². The third-order valence-corrected chi connectivity index (χ3v) is 6.01. The van der Waals surface area contributed by atoms with Crippen molar-refractivity contribution < 1.29 is 14.3 Å². The molecule has 0 spiro atoms. The first kappa shape index (κ1) is 21.3. The summed E-state index contributed by atoms with van der Waals surface area (Å²) in [6, 6.07) is 14.8. The molecule has 31 heavy (non-hydrogen) atoms. The minimum atomic E-state index is -0.442. The van der Waals surface area contributed by atoms with Crippen LogP contribution >= 0.6 is 22.9 Å². The molecule has 0 radical (unpaired) electrons. The molecule has 7 nitrogen and oxygen atoms in total. The highest BCUT2D eigenvalue weighted by Gasteiger charge is 2.35. The Hall–Kier alpha value is -2.97. The Morgan fingerprint density at radius 2 is 1.94 bits per heavy atom. The normalized spacial score (nSPS) is 15.9. The van der Waals surface area contributed by atoms with Crippen LogP contribution in [0.25, 0.3) is 0 Å². The first-order valence-corrected chi connectivity index (χ1v) is 11.1. The predicted molar refractivity (Wildman–Crippen MR) is 121 cm³/mol. The molecular formula is C22H21ClN4O3S. The van der Waals surface area contributed by atoms with E-state index in [-0.39, 0.29) is 18.2 Å². The topological polar surface area (TPSA) is 84.4 Å². The maximum atomic E-state index is 12.7. The molecule has 3 aromatic rings. The van der Waals surface area contributed by atoms with Gasteiger partial charge in [0, 0.05) is 30.1 Å². The highest BCUT2D eigenvalue weighted by atomic mass is 35.5. The van der Waals surface area contributed by atoms with Gasteiger partial charge in [-0.2, -0.15) is 0 Å². The Morgan fingerprint density at radius 1 is 1.19 bits per heavy atom. The number of nitrogens with zero attached hydrogens (tertiary/aromatic N) is 3. The summed E-state index contributed by atoms with van der Waals surface area (Å²) >= 11 is 7.24. The van der Waals surface area contributed by atoms with Crippen LogP contribution in [-0.2, 0) is 16.0 Å². The molecule has 1 N–H and O–H groups in total. The molecule has 1 aliphatic heterocycles. The summed E-state index contributed by atoms with van der Waals surface area (Å²) in [7, 11) is 0. The van der Waals surface area contributed by atoms with E-state index in [1.165, 1.54) is 11.3 Å². The average molecular weight is 457 g/mol. The van der Waals surface area contributed by atoms with Gasteiger partial charge < -0.3 is 15.0 Å². The third kappa shape index (κ3) is 5.21. The molecule has 160 valence electrons. The van der Waals surface area contributed by atoms with Crippen molar-refractivity contribution in [3.05, 3.63) is 64.1 Å². The van der Waals surface area contributed by atoms with E-state index in [0.29, 0.717) is 29.7 Å². The van der Waals surface area contributed by atoms with Crippen molar-refractivity contribution in [3.63, 3.8) is 0 Å². The molecule has 0 bridgehead atoms. The Kier molecular flexibility index (Phi) is 6.48. The SMILES string of the molecule is CCOc1ccc(N2C[C@@H](C(=O)Nc3nnc(Cc4ccc(Cl)cc4)s3)CC2=O)cc1. The molecule has 0 saturated carbocycles. The van der Waals surface area contributed by atoms with E-state index in [4.69, 9.17) is 16.3 Å². The number of aromatic nitrogens is 2. The Morgan fingerprint density at radius 3 is 2.65 bits per heavy atom. The number of hydrogen-bond donors (Lipinski definition) is 1. The molecule has 1 saturated heterocycles. The van der Waals surface area contributed by atoms with E-state index in [9.17, 15) is 9.59 Å². The summed E-state index contributed by atoms with van der Waals surface area (Å²) in [6.45, 7) is 2.83. The fourth-order valence-electron chi connectivity index (χ4n) is 3.38. The molecule has 1 aliphatic rings. The first-order chi connectivity index (χ1) is 15.0. The second-order valence-electron chi connectivity index (χ2n) is 7.13. The minimum absolute atomic E-state index is 0.0787. The van der Waals surface area contributed by atoms with Crippen molar-refractivity contribution in [2.24, 2.45) is 5.92 Å². The van der Waals surface area contributed by atoms with Gasteiger partial charge in [0.1, 0.15) is 10.8 Å². The second-order valence-corrected chi connectivity index (χ2v) is 8.62. The van der Waals surface area contributed by atoms with Gasteiger partial charge in [-0.05, 0) is 48.9 Å². The summed E-state index contributed by atoms with van der Waals surface area (Å²) in [5, 5.41) is 12.9. The van der Waals surface area contributed by atoms with E-state index in [0.717, 1.165) is 22.0 Å². The van der Waals surface area contributed by atoms with Crippen LogP contribution in [0.15, 0.2) is 48.5 Å². The molecule has 1 fully saturated rings. The predicted octanol–water partition coefficient (Wildman–Crippen LogP) is 4.17. The standard InChI is InChI=1S/C22H21ClN4O3S/c1-2-30-18-9-7-17(8-10-18)27-13-15(12-20(27)28)21(29)24-22-26-25-19(31-22)11-14-3-5-16(23)6-4-14/h3-10,15H,2,11-13H2,1H3,(H,24,26,29)/t15-/m0/s1. The van der Waals surface area contributed by atoms with Crippen molar-refractivity contribution in [1.82, 2.24) is 10.2 Å². The van der Waals surface area contributed by atoms with Crippen molar-refractivity contribution in [1.29, 1.82) is 0 Å². The van der Waals surface area contributed by atoms with Crippen LogP contribution in [0.4, 0.5) is 10.8 Å². The van der Waals surface area contributed by atoms with Crippen LogP contribution in [-0.4, -0.2) is 35.2 Å². The van der Waals surface area contributed by atoms with E-state index < -0.39 is 5.92 Å². The fraction of sp³-hybridized carbons (Fsp3) is 0.273. The summed E-state index contributed by atoms with van der Waals surface area (Å²) in [4.78, 5) is 26.8. The number of amides is 2. The molecule has 0 unspecified atom stereocenters. The van der Waals surface area contributed by atoms with Crippen LogP contribution in [0.3, 0.4) is 0 Å². The number of hydrogen-bond acceptors (Lipinski definition) is 6. The number of anilines is 2. The van der Waals surface area contributed by atoms with Gasteiger partial charge in [-0.1, -0.05) is 35.1 Å². The van der Waals surface area contributed by atoms with Gasteiger partial charge in [0.05, 0.1) is 12.5 Å². The van der Waals surface area contributed by atoms with Gasteiger partial charge in [-0.15, -0.1) is 10.2 Å². The molecule has 4 rings (SSSR count). The van der Waals surface area contributed by atoms with Crippen LogP contribution in [0, 0.1) is 5.92 Å². The van der Waals surface area contributed by atoms with Crippen LogP contribution < -0.4 is 15.0 Å². The number of carbonyl (C=O) groups excluding carboxylic acids is 2. The molecule has 1 atom stereocenters. The van der Waals surface area contributed by atoms with E-state index in [1.54, 1.807) is 4.90 Å². The zero-order valence-corrected chi connectivity index (χ0v) is 18.4. The largest absolute Gasteiger partial charge is 0.494 e. The number of halogens is 1. The van der Waals surface area contributed by atoms with Crippen molar-refractivity contribution in [2.45, 2.75) is 19.8 Å². The molecule has 1 aromatic heterocycles. The van der Waals surface area contributed by atoms with Crippen molar-refractivity contribution in [3.8, 4) is 5.75 Å². The Bertz CT molecular complexity index is 1070. The van der Waals surface area contributed by atoms with Gasteiger partial charge in [0.2, 0.25) is 16.9 Å². The monoisotopic (exact) mass is 456 g/mol. The van der Waals surface area contributed by atoms with E-state index >= 15 is 0 Å².